The second kappa shape index (κ2) is 8.64. The first kappa shape index (κ1) is 18.2. The van der Waals surface area contributed by atoms with Gasteiger partial charge in [-0.15, -0.1) is 0 Å². The number of rotatable bonds is 5. The molecule has 1 amide bonds. The van der Waals surface area contributed by atoms with Gasteiger partial charge in [0.1, 0.15) is 0 Å². The Hall–Kier alpha value is -1.14. The number of aliphatic hydroxyl groups excluding tert-OH is 1. The maximum Gasteiger partial charge on any atom is 0.336 e. The van der Waals surface area contributed by atoms with Crippen LogP contribution in [0.2, 0.25) is 0 Å². The van der Waals surface area contributed by atoms with E-state index < -0.39 is 18.2 Å². The van der Waals surface area contributed by atoms with E-state index in [9.17, 15) is 14.7 Å². The molecule has 3 unspecified atom stereocenters. The van der Waals surface area contributed by atoms with Crippen molar-refractivity contribution in [2.75, 3.05) is 19.8 Å². The van der Waals surface area contributed by atoms with E-state index in [4.69, 9.17) is 9.47 Å². The second-order valence-corrected chi connectivity index (χ2v) is 6.56. The molecule has 0 radical (unpaired) electrons. The van der Waals surface area contributed by atoms with Gasteiger partial charge in [0, 0.05) is 31.7 Å². The minimum Gasteiger partial charge on any atom is -0.451 e. The summed E-state index contributed by atoms with van der Waals surface area (Å²) >= 11 is 0. The number of piperidine rings is 1. The number of carbonyl (C=O) groups excluding carboxylic acids is 2. The Labute approximate surface area is 138 Å². The van der Waals surface area contributed by atoms with Crippen molar-refractivity contribution in [3.8, 4) is 0 Å². The van der Waals surface area contributed by atoms with Crippen LogP contribution in [0.4, 0.5) is 0 Å². The van der Waals surface area contributed by atoms with Gasteiger partial charge in [-0.3, -0.25) is 4.79 Å². The molecule has 23 heavy (non-hydrogen) atoms. The summed E-state index contributed by atoms with van der Waals surface area (Å²) in [6.45, 7) is 5.49. The van der Waals surface area contributed by atoms with Crippen LogP contribution in [0.5, 0.6) is 0 Å². The van der Waals surface area contributed by atoms with Gasteiger partial charge < -0.3 is 19.5 Å². The van der Waals surface area contributed by atoms with E-state index in [1.54, 1.807) is 6.92 Å². The third-order valence-electron chi connectivity index (χ3n) is 4.98. The summed E-state index contributed by atoms with van der Waals surface area (Å²) in [5.41, 5.74) is 0. The molecule has 2 aliphatic rings. The summed E-state index contributed by atoms with van der Waals surface area (Å²) in [7, 11) is 0. The van der Waals surface area contributed by atoms with Crippen molar-refractivity contribution >= 4 is 11.9 Å². The van der Waals surface area contributed by atoms with Gasteiger partial charge in [-0.2, -0.15) is 0 Å². The highest BCUT2D eigenvalue weighted by Gasteiger charge is 2.34. The monoisotopic (exact) mass is 327 g/mol. The molecule has 6 nitrogen and oxygen atoms in total. The van der Waals surface area contributed by atoms with Crippen LogP contribution in [0, 0.1) is 5.92 Å². The van der Waals surface area contributed by atoms with Gasteiger partial charge in [-0.1, -0.05) is 6.92 Å². The molecule has 6 heteroatoms. The fourth-order valence-electron chi connectivity index (χ4n) is 3.47. The molecule has 2 aliphatic heterocycles. The Morgan fingerprint density at radius 3 is 2.61 bits per heavy atom. The molecule has 0 aromatic heterocycles. The number of ether oxygens (including phenoxy) is 2. The summed E-state index contributed by atoms with van der Waals surface area (Å²) in [6.07, 6.45) is 3.32. The Kier molecular flexibility index (Phi) is 6.84. The molecule has 1 N–H and O–H groups in total. The number of carbonyl (C=O) groups is 2. The van der Waals surface area contributed by atoms with Crippen LogP contribution in [0.1, 0.15) is 52.4 Å². The first-order valence-corrected chi connectivity index (χ1v) is 8.81. The molecule has 0 saturated carbocycles. The molecule has 3 atom stereocenters. The lowest BCUT2D eigenvalue weighted by molar-refractivity contribution is -0.171. The van der Waals surface area contributed by atoms with Crippen molar-refractivity contribution in [1.29, 1.82) is 0 Å². The fourth-order valence-corrected chi connectivity index (χ4v) is 3.47. The SMILES string of the molecule is CCC1CCCCN1C(=O)C(C)OC(=O)C(O)C1CCOCC1. The van der Waals surface area contributed by atoms with Gasteiger partial charge >= 0.3 is 5.97 Å². The number of nitrogens with zero attached hydrogens (tertiary/aromatic N) is 1. The summed E-state index contributed by atoms with van der Waals surface area (Å²) in [6, 6.07) is 0.234. The molecule has 132 valence electrons. The zero-order chi connectivity index (χ0) is 16.8. The summed E-state index contributed by atoms with van der Waals surface area (Å²) < 4.78 is 10.5. The lowest BCUT2D eigenvalue weighted by Crippen LogP contribution is -2.49. The lowest BCUT2D eigenvalue weighted by atomic mass is 9.94. The van der Waals surface area contributed by atoms with E-state index in [0.29, 0.717) is 26.1 Å². The predicted octanol–water partition coefficient (Wildman–Crippen LogP) is 1.50. The van der Waals surface area contributed by atoms with E-state index in [0.717, 1.165) is 32.2 Å². The smallest absolute Gasteiger partial charge is 0.336 e. The van der Waals surface area contributed by atoms with Gasteiger partial charge in [0.2, 0.25) is 0 Å². The van der Waals surface area contributed by atoms with E-state index in [1.165, 1.54) is 0 Å². The predicted molar refractivity (Wildman–Crippen MR) is 84.7 cm³/mol. The highest BCUT2D eigenvalue weighted by Crippen LogP contribution is 2.22. The quantitative estimate of drug-likeness (QED) is 0.774. The minimum absolute atomic E-state index is 0.142. The van der Waals surface area contributed by atoms with Crippen molar-refractivity contribution in [2.24, 2.45) is 5.92 Å². The zero-order valence-electron chi connectivity index (χ0n) is 14.2. The van der Waals surface area contributed by atoms with Crippen molar-refractivity contribution in [3.05, 3.63) is 0 Å². The molecule has 2 fully saturated rings. The van der Waals surface area contributed by atoms with Crippen LogP contribution in [-0.4, -0.2) is 59.9 Å². The topological polar surface area (TPSA) is 76.1 Å². The van der Waals surface area contributed by atoms with Gasteiger partial charge in [-0.05, 0) is 45.4 Å². The van der Waals surface area contributed by atoms with Crippen LogP contribution < -0.4 is 0 Å². The van der Waals surface area contributed by atoms with Crippen molar-refractivity contribution < 1.29 is 24.2 Å². The van der Waals surface area contributed by atoms with Crippen molar-refractivity contribution in [2.45, 2.75) is 70.6 Å². The molecule has 0 aromatic rings. The maximum absolute atomic E-state index is 12.5. The molecule has 0 spiro atoms. The molecule has 2 rings (SSSR count). The lowest BCUT2D eigenvalue weighted by Gasteiger charge is -2.36. The molecule has 0 aromatic carbocycles. The third-order valence-corrected chi connectivity index (χ3v) is 4.98. The van der Waals surface area contributed by atoms with Crippen molar-refractivity contribution in [1.82, 2.24) is 4.90 Å². The number of amides is 1. The van der Waals surface area contributed by atoms with Crippen LogP contribution in [0.3, 0.4) is 0 Å². The van der Waals surface area contributed by atoms with E-state index in [1.807, 2.05) is 4.90 Å². The second-order valence-electron chi connectivity index (χ2n) is 6.56. The van der Waals surface area contributed by atoms with Crippen LogP contribution in [-0.2, 0) is 19.1 Å². The molecule has 0 aliphatic carbocycles. The number of hydrogen-bond donors (Lipinski definition) is 1. The van der Waals surface area contributed by atoms with E-state index in [2.05, 4.69) is 6.92 Å². The summed E-state index contributed by atoms with van der Waals surface area (Å²) in [4.78, 5) is 26.5. The molecule has 2 saturated heterocycles. The normalized spacial score (nSPS) is 25.7. The Morgan fingerprint density at radius 2 is 1.96 bits per heavy atom. The number of aliphatic hydroxyl groups is 1. The highest BCUT2D eigenvalue weighted by molar-refractivity contribution is 5.85. The Morgan fingerprint density at radius 1 is 1.26 bits per heavy atom. The summed E-state index contributed by atoms with van der Waals surface area (Å²) in [5, 5.41) is 10.1. The average Bonchev–Trinajstić information content (AvgIpc) is 2.60. The minimum atomic E-state index is -1.17. The Bertz CT molecular complexity index is 408. The molecule has 0 bridgehead atoms. The van der Waals surface area contributed by atoms with E-state index in [-0.39, 0.29) is 17.9 Å². The number of likely N-dealkylation sites (tertiary alicyclic amines) is 1. The Balaban J connectivity index is 1.87. The largest absolute Gasteiger partial charge is 0.451 e. The van der Waals surface area contributed by atoms with Gasteiger partial charge in [0.25, 0.3) is 5.91 Å². The summed E-state index contributed by atoms with van der Waals surface area (Å²) in [5.74, 6) is -0.983. The van der Waals surface area contributed by atoms with Crippen LogP contribution in [0.25, 0.3) is 0 Å². The number of esters is 1. The standard InChI is InChI=1S/C17H29NO5/c1-3-14-6-4-5-9-18(14)16(20)12(2)23-17(21)15(19)13-7-10-22-11-8-13/h12-15,19H,3-11H2,1-2H3. The van der Waals surface area contributed by atoms with Gasteiger partial charge in [-0.25, -0.2) is 4.79 Å². The number of hydrogen-bond acceptors (Lipinski definition) is 5. The van der Waals surface area contributed by atoms with Gasteiger partial charge in [0.15, 0.2) is 12.2 Å². The third kappa shape index (κ3) is 4.67. The van der Waals surface area contributed by atoms with Crippen molar-refractivity contribution in [3.63, 3.8) is 0 Å². The fraction of sp³-hybridized carbons (Fsp3) is 0.882. The van der Waals surface area contributed by atoms with Gasteiger partial charge in [0.05, 0.1) is 0 Å². The first-order chi connectivity index (χ1) is 11.0. The molecular formula is C17H29NO5. The van der Waals surface area contributed by atoms with Crippen LogP contribution >= 0.6 is 0 Å². The first-order valence-electron chi connectivity index (χ1n) is 8.81. The molecule has 2 heterocycles. The molecular weight excluding hydrogens is 298 g/mol. The maximum atomic E-state index is 12.5. The highest BCUT2D eigenvalue weighted by atomic mass is 16.6. The van der Waals surface area contributed by atoms with E-state index >= 15 is 0 Å². The zero-order valence-corrected chi connectivity index (χ0v) is 14.2. The van der Waals surface area contributed by atoms with Crippen LogP contribution in [0.15, 0.2) is 0 Å². The average molecular weight is 327 g/mol.